The van der Waals surface area contributed by atoms with Crippen molar-refractivity contribution in [2.75, 3.05) is 6.54 Å². The van der Waals surface area contributed by atoms with Crippen LogP contribution in [0.5, 0.6) is 0 Å². The van der Waals surface area contributed by atoms with Crippen molar-refractivity contribution in [3.05, 3.63) is 81.6 Å². The number of hydrogen-bond donors (Lipinski definition) is 2. The van der Waals surface area contributed by atoms with E-state index in [-0.39, 0.29) is 47.0 Å². The van der Waals surface area contributed by atoms with Crippen molar-refractivity contribution in [3.63, 3.8) is 0 Å². The number of allylic oxidation sites excluding steroid dienone is 1. The molecule has 0 saturated carbocycles. The molecule has 9 heteroatoms. The number of nitrogens with zero attached hydrogens (tertiary/aromatic N) is 2. The van der Waals surface area contributed by atoms with Gasteiger partial charge in [0.1, 0.15) is 17.2 Å². The van der Waals surface area contributed by atoms with Gasteiger partial charge < -0.3 is 15.3 Å². The van der Waals surface area contributed by atoms with E-state index in [0.29, 0.717) is 30.4 Å². The van der Waals surface area contributed by atoms with Crippen molar-refractivity contribution in [3.8, 4) is 0 Å². The lowest BCUT2D eigenvalue weighted by atomic mass is 9.74. The zero-order valence-corrected chi connectivity index (χ0v) is 25.4. The Kier molecular flexibility index (Phi) is 9.56. The first kappa shape index (κ1) is 31.4. The van der Waals surface area contributed by atoms with Gasteiger partial charge in [0, 0.05) is 24.1 Å². The first-order valence-electron chi connectivity index (χ1n) is 14.6. The molecule has 42 heavy (non-hydrogen) atoms. The summed E-state index contributed by atoms with van der Waals surface area (Å²) in [5.41, 5.74) is 2.49. The van der Waals surface area contributed by atoms with Gasteiger partial charge >= 0.3 is 5.97 Å². The third kappa shape index (κ3) is 6.43. The number of halogens is 2. The number of nitrogens with one attached hydrogen (secondary N) is 1. The highest BCUT2D eigenvalue weighted by atomic mass is 35.5. The molecule has 2 aliphatic rings. The summed E-state index contributed by atoms with van der Waals surface area (Å²) >= 11 is 5.94. The average molecular weight is 596 g/mol. The van der Waals surface area contributed by atoms with Gasteiger partial charge in [0.2, 0.25) is 0 Å². The van der Waals surface area contributed by atoms with Gasteiger partial charge in [-0.15, -0.1) is 0 Å². The minimum Gasteiger partial charge on any atom is -0.481 e. The van der Waals surface area contributed by atoms with Crippen molar-refractivity contribution >= 4 is 35.1 Å². The molecule has 2 aromatic rings. The molecule has 0 radical (unpaired) electrons. The van der Waals surface area contributed by atoms with Crippen LogP contribution < -0.4 is 5.32 Å². The maximum absolute atomic E-state index is 14.5. The van der Waals surface area contributed by atoms with Crippen LogP contribution in [-0.4, -0.2) is 45.7 Å². The molecule has 1 aliphatic heterocycles. The zero-order valence-electron chi connectivity index (χ0n) is 24.7. The van der Waals surface area contributed by atoms with E-state index in [1.54, 1.807) is 18.2 Å². The van der Waals surface area contributed by atoms with E-state index in [1.165, 1.54) is 17.7 Å². The monoisotopic (exact) mass is 595 g/mol. The lowest BCUT2D eigenvalue weighted by molar-refractivity contribution is -0.137. The molecule has 0 aromatic heterocycles. The standard InChI is InChI=1S/C33H39ClFN3O4/c1-5-7-27(21-8-10-22(11-9-21)30(41)36-19-16-28(39)40)38-31(42)29(23-12-13-25(34)26(35)20-23)37-33(38)17-14-24(15-18-33)32(3,4)6-2/h8-14,20,27H,5-7,15-19H2,1-4H3,(H,36,41)(H,39,40). The summed E-state index contributed by atoms with van der Waals surface area (Å²) in [7, 11) is 0. The second-order valence-corrected chi connectivity index (χ2v) is 12.2. The number of benzene rings is 2. The molecule has 1 heterocycles. The van der Waals surface area contributed by atoms with E-state index in [1.807, 2.05) is 17.0 Å². The first-order chi connectivity index (χ1) is 19.9. The fraction of sp³-hybridized carbons (Fsp3) is 0.455. The Morgan fingerprint density at radius 1 is 1.19 bits per heavy atom. The van der Waals surface area contributed by atoms with E-state index in [9.17, 15) is 18.8 Å². The smallest absolute Gasteiger partial charge is 0.305 e. The number of carboxylic acid groups (broad SMARTS) is 1. The number of carbonyl (C=O) groups is 3. The fourth-order valence-corrected chi connectivity index (χ4v) is 5.94. The molecule has 0 saturated heterocycles. The van der Waals surface area contributed by atoms with Crippen LogP contribution in [-0.2, 0) is 9.59 Å². The number of amides is 2. The maximum atomic E-state index is 14.5. The van der Waals surface area contributed by atoms with E-state index in [0.717, 1.165) is 24.8 Å². The third-order valence-electron chi connectivity index (χ3n) is 8.66. The number of carbonyl (C=O) groups excluding carboxylic acids is 2. The van der Waals surface area contributed by atoms with E-state index < -0.39 is 17.4 Å². The van der Waals surface area contributed by atoms with Crippen molar-refractivity contribution in [2.24, 2.45) is 10.4 Å². The lowest BCUT2D eigenvalue weighted by Gasteiger charge is -2.45. The molecule has 2 aromatic carbocycles. The molecular formula is C33H39ClFN3O4. The summed E-state index contributed by atoms with van der Waals surface area (Å²) in [6.07, 6.45) is 6.55. The Labute approximate surface area is 251 Å². The molecule has 2 amide bonds. The Bertz CT molecular complexity index is 1420. The minimum absolute atomic E-state index is 0.0145. The van der Waals surface area contributed by atoms with Crippen LogP contribution in [0.15, 0.2) is 59.1 Å². The van der Waals surface area contributed by atoms with Crippen molar-refractivity contribution < 1.29 is 23.9 Å². The van der Waals surface area contributed by atoms with Gasteiger partial charge in [0.15, 0.2) is 0 Å². The van der Waals surface area contributed by atoms with E-state index >= 15 is 0 Å². The molecule has 1 aliphatic carbocycles. The first-order valence-corrected chi connectivity index (χ1v) is 15.0. The van der Waals surface area contributed by atoms with E-state index in [4.69, 9.17) is 21.7 Å². The summed E-state index contributed by atoms with van der Waals surface area (Å²) in [4.78, 5) is 44.5. The third-order valence-corrected chi connectivity index (χ3v) is 8.97. The van der Waals surface area contributed by atoms with Crippen LogP contribution >= 0.6 is 11.6 Å². The second-order valence-electron chi connectivity index (χ2n) is 11.7. The summed E-state index contributed by atoms with van der Waals surface area (Å²) < 4.78 is 14.5. The zero-order chi connectivity index (χ0) is 30.7. The molecule has 1 spiro atoms. The Morgan fingerprint density at radius 2 is 1.90 bits per heavy atom. The largest absolute Gasteiger partial charge is 0.481 e. The van der Waals surface area contributed by atoms with Crippen LogP contribution in [0, 0.1) is 11.2 Å². The molecule has 2 atom stereocenters. The van der Waals surface area contributed by atoms with Gasteiger partial charge in [-0.1, -0.05) is 75.6 Å². The van der Waals surface area contributed by atoms with Crippen molar-refractivity contribution in [2.45, 2.75) is 84.3 Å². The molecule has 4 rings (SSSR count). The highest BCUT2D eigenvalue weighted by Crippen LogP contribution is 2.48. The van der Waals surface area contributed by atoms with Gasteiger partial charge in [0.05, 0.1) is 17.5 Å². The van der Waals surface area contributed by atoms with Crippen molar-refractivity contribution in [1.29, 1.82) is 0 Å². The number of hydrogen-bond acceptors (Lipinski definition) is 4. The van der Waals surface area contributed by atoms with Gasteiger partial charge in [-0.3, -0.25) is 19.4 Å². The van der Waals surface area contributed by atoms with E-state index in [2.05, 4.69) is 39.1 Å². The van der Waals surface area contributed by atoms with Crippen LogP contribution in [0.25, 0.3) is 0 Å². The SMILES string of the molecule is CCCC(c1ccc(C(=O)NCCC(=O)O)cc1)N1C(=O)C(c2ccc(Cl)c(F)c2)=NC12CC=C(C(C)(C)CC)CC2. The predicted molar refractivity (Wildman–Crippen MR) is 162 cm³/mol. The normalized spacial score (nSPS) is 19.5. The van der Waals surface area contributed by atoms with Gasteiger partial charge in [0.25, 0.3) is 11.8 Å². The Balaban J connectivity index is 1.72. The lowest BCUT2D eigenvalue weighted by Crippen LogP contribution is -2.50. The van der Waals surface area contributed by atoms with Crippen LogP contribution in [0.1, 0.15) is 100 Å². The Hall–Kier alpha value is -3.52. The highest BCUT2D eigenvalue weighted by molar-refractivity contribution is 6.47. The molecule has 0 bridgehead atoms. The topological polar surface area (TPSA) is 99.1 Å². The summed E-state index contributed by atoms with van der Waals surface area (Å²) in [5.74, 6) is -2.20. The fourth-order valence-electron chi connectivity index (χ4n) is 5.82. The summed E-state index contributed by atoms with van der Waals surface area (Å²) in [6.45, 7) is 8.74. The second kappa shape index (κ2) is 12.8. The highest BCUT2D eigenvalue weighted by Gasteiger charge is 2.51. The predicted octanol–water partition coefficient (Wildman–Crippen LogP) is 7.10. The molecule has 2 unspecified atom stereocenters. The number of aliphatic carboxylic acids is 1. The number of rotatable bonds is 11. The number of carboxylic acids is 1. The quantitative estimate of drug-likeness (QED) is 0.271. The minimum atomic E-state index is -0.983. The van der Waals surface area contributed by atoms with Crippen molar-refractivity contribution in [1.82, 2.24) is 10.2 Å². The van der Waals surface area contributed by atoms with Crippen LogP contribution in [0.4, 0.5) is 4.39 Å². The molecule has 7 nitrogen and oxygen atoms in total. The molecular weight excluding hydrogens is 557 g/mol. The average Bonchev–Trinajstić information content (AvgIpc) is 3.24. The molecule has 2 N–H and O–H groups in total. The molecule has 224 valence electrons. The van der Waals surface area contributed by atoms with Gasteiger partial charge in [-0.2, -0.15) is 0 Å². The van der Waals surface area contributed by atoms with Gasteiger partial charge in [-0.25, -0.2) is 4.39 Å². The van der Waals surface area contributed by atoms with Crippen LogP contribution in [0.2, 0.25) is 5.02 Å². The Morgan fingerprint density at radius 3 is 2.48 bits per heavy atom. The molecule has 0 fully saturated rings. The summed E-state index contributed by atoms with van der Waals surface area (Å²) in [5, 5.41) is 11.4. The number of aliphatic imine (C=N–C) groups is 1. The summed E-state index contributed by atoms with van der Waals surface area (Å²) in [6, 6.07) is 11.1. The van der Waals surface area contributed by atoms with Gasteiger partial charge in [-0.05, 0) is 60.9 Å². The van der Waals surface area contributed by atoms with Crippen LogP contribution in [0.3, 0.4) is 0 Å². The maximum Gasteiger partial charge on any atom is 0.305 e.